The van der Waals surface area contributed by atoms with Crippen molar-refractivity contribution in [1.29, 1.82) is 0 Å². The first-order valence-corrected chi connectivity index (χ1v) is 8.02. The molecule has 1 aromatic heterocycles. The molecule has 1 atom stereocenters. The highest BCUT2D eigenvalue weighted by Gasteiger charge is 2.32. The number of ether oxygens (including phenoxy) is 1. The lowest BCUT2D eigenvalue weighted by Gasteiger charge is -2.40. The first kappa shape index (κ1) is 15.7. The van der Waals surface area contributed by atoms with Crippen LogP contribution < -0.4 is 10.2 Å². The predicted octanol–water partition coefficient (Wildman–Crippen LogP) is 2.96. The standard InChI is InChI=1S/C15H24BrN3O/c1-4-17-9-12-8-13(16)10-18-14(12)19-7-5-6-15(2,11-19)20-3/h8,10,17H,4-7,9,11H2,1-3H3. The summed E-state index contributed by atoms with van der Waals surface area (Å²) in [4.78, 5) is 6.99. The van der Waals surface area contributed by atoms with Crippen LogP contribution >= 0.6 is 15.9 Å². The molecule has 0 aromatic carbocycles. The van der Waals surface area contributed by atoms with E-state index in [1.165, 1.54) is 5.56 Å². The van der Waals surface area contributed by atoms with Gasteiger partial charge in [-0.3, -0.25) is 0 Å². The molecule has 1 unspecified atom stereocenters. The van der Waals surface area contributed by atoms with E-state index in [1.807, 2.05) is 6.20 Å². The molecule has 1 aromatic rings. The monoisotopic (exact) mass is 341 g/mol. The van der Waals surface area contributed by atoms with Gasteiger partial charge in [0.05, 0.1) is 5.60 Å². The van der Waals surface area contributed by atoms with E-state index < -0.39 is 0 Å². The van der Waals surface area contributed by atoms with Crippen LogP contribution in [0, 0.1) is 0 Å². The molecule has 1 saturated heterocycles. The van der Waals surface area contributed by atoms with Gasteiger partial charge >= 0.3 is 0 Å². The van der Waals surface area contributed by atoms with Crippen molar-refractivity contribution in [2.24, 2.45) is 0 Å². The molecule has 2 rings (SSSR count). The fraction of sp³-hybridized carbons (Fsp3) is 0.667. The Morgan fingerprint density at radius 3 is 3.05 bits per heavy atom. The van der Waals surface area contributed by atoms with Crippen LogP contribution in [0.15, 0.2) is 16.7 Å². The number of nitrogens with zero attached hydrogens (tertiary/aromatic N) is 2. The fourth-order valence-corrected chi connectivity index (χ4v) is 3.08. The van der Waals surface area contributed by atoms with Crippen LogP contribution in [0.5, 0.6) is 0 Å². The summed E-state index contributed by atoms with van der Waals surface area (Å²) in [6.45, 7) is 8.06. The Morgan fingerprint density at radius 1 is 1.55 bits per heavy atom. The molecule has 0 aliphatic carbocycles. The van der Waals surface area contributed by atoms with Gasteiger partial charge in [-0.25, -0.2) is 4.98 Å². The molecule has 0 amide bonds. The highest BCUT2D eigenvalue weighted by Crippen LogP contribution is 2.29. The largest absolute Gasteiger partial charge is 0.377 e. The van der Waals surface area contributed by atoms with Gasteiger partial charge in [-0.2, -0.15) is 0 Å². The minimum absolute atomic E-state index is 0.0670. The lowest BCUT2D eigenvalue weighted by Crippen LogP contribution is -2.48. The van der Waals surface area contributed by atoms with Crippen LogP contribution in [-0.4, -0.2) is 37.3 Å². The second kappa shape index (κ2) is 6.87. The average molecular weight is 342 g/mol. The summed E-state index contributed by atoms with van der Waals surface area (Å²) in [6, 6.07) is 2.16. The van der Waals surface area contributed by atoms with Crippen molar-refractivity contribution in [1.82, 2.24) is 10.3 Å². The lowest BCUT2D eigenvalue weighted by atomic mass is 9.94. The van der Waals surface area contributed by atoms with Gasteiger partial charge in [0.25, 0.3) is 0 Å². The number of halogens is 1. The van der Waals surface area contributed by atoms with Crippen LogP contribution in [0.3, 0.4) is 0 Å². The second-order valence-corrected chi connectivity index (χ2v) is 6.51. The molecule has 0 bridgehead atoms. The van der Waals surface area contributed by atoms with Crippen LogP contribution in [0.4, 0.5) is 5.82 Å². The number of anilines is 1. The number of piperidine rings is 1. The van der Waals surface area contributed by atoms with Crippen molar-refractivity contribution in [2.75, 3.05) is 31.6 Å². The zero-order chi connectivity index (χ0) is 14.6. The first-order valence-electron chi connectivity index (χ1n) is 7.23. The molecule has 0 saturated carbocycles. The number of methoxy groups -OCH3 is 1. The summed E-state index contributed by atoms with van der Waals surface area (Å²) in [5.41, 5.74) is 1.17. The second-order valence-electron chi connectivity index (χ2n) is 5.60. The smallest absolute Gasteiger partial charge is 0.133 e. The van der Waals surface area contributed by atoms with E-state index in [-0.39, 0.29) is 5.60 Å². The number of pyridine rings is 1. The SMILES string of the molecule is CCNCc1cc(Br)cnc1N1CCCC(C)(OC)C1. The van der Waals surface area contributed by atoms with Crippen molar-refractivity contribution in [3.8, 4) is 0 Å². The van der Waals surface area contributed by atoms with E-state index in [2.05, 4.69) is 51.0 Å². The summed E-state index contributed by atoms with van der Waals surface area (Å²) < 4.78 is 6.71. The van der Waals surface area contributed by atoms with Gasteiger partial charge in [0.2, 0.25) is 0 Å². The van der Waals surface area contributed by atoms with E-state index in [0.717, 1.165) is 49.3 Å². The third-order valence-electron chi connectivity index (χ3n) is 3.93. The molecule has 1 fully saturated rings. The lowest BCUT2D eigenvalue weighted by molar-refractivity contribution is -0.00484. The molecule has 112 valence electrons. The quantitative estimate of drug-likeness (QED) is 0.893. The number of hydrogen-bond donors (Lipinski definition) is 1. The molecule has 1 N–H and O–H groups in total. The molecule has 0 spiro atoms. The van der Waals surface area contributed by atoms with E-state index in [9.17, 15) is 0 Å². The van der Waals surface area contributed by atoms with E-state index in [4.69, 9.17) is 4.74 Å². The van der Waals surface area contributed by atoms with Crippen molar-refractivity contribution < 1.29 is 4.74 Å². The maximum absolute atomic E-state index is 5.68. The fourth-order valence-electron chi connectivity index (χ4n) is 2.70. The molecule has 5 heteroatoms. The number of rotatable bonds is 5. The molecule has 1 aliphatic heterocycles. The summed E-state index contributed by atoms with van der Waals surface area (Å²) in [5.74, 6) is 1.08. The summed E-state index contributed by atoms with van der Waals surface area (Å²) in [7, 11) is 1.80. The Bertz CT molecular complexity index is 455. The zero-order valence-corrected chi connectivity index (χ0v) is 14.2. The normalized spacial score (nSPS) is 23.1. The van der Waals surface area contributed by atoms with Gasteiger partial charge in [0, 0.05) is 43.0 Å². The summed E-state index contributed by atoms with van der Waals surface area (Å²) in [5, 5.41) is 3.39. The molecule has 4 nitrogen and oxygen atoms in total. The molecule has 20 heavy (non-hydrogen) atoms. The Labute approximate surface area is 130 Å². The van der Waals surface area contributed by atoms with Crippen molar-refractivity contribution >= 4 is 21.7 Å². The molecule has 0 radical (unpaired) electrons. The molecule has 2 heterocycles. The minimum Gasteiger partial charge on any atom is -0.377 e. The van der Waals surface area contributed by atoms with Gasteiger partial charge < -0.3 is 15.0 Å². The minimum atomic E-state index is -0.0670. The highest BCUT2D eigenvalue weighted by atomic mass is 79.9. The first-order chi connectivity index (χ1) is 9.58. The maximum Gasteiger partial charge on any atom is 0.133 e. The molecule has 1 aliphatic rings. The zero-order valence-electron chi connectivity index (χ0n) is 12.6. The molecular formula is C15H24BrN3O. The topological polar surface area (TPSA) is 37.4 Å². The van der Waals surface area contributed by atoms with Gasteiger partial charge in [-0.05, 0) is 48.3 Å². The molecular weight excluding hydrogens is 318 g/mol. The van der Waals surface area contributed by atoms with Crippen LogP contribution in [-0.2, 0) is 11.3 Å². The van der Waals surface area contributed by atoms with Gasteiger partial charge in [-0.15, -0.1) is 0 Å². The highest BCUT2D eigenvalue weighted by molar-refractivity contribution is 9.10. The third-order valence-corrected chi connectivity index (χ3v) is 4.36. The van der Waals surface area contributed by atoms with Crippen molar-refractivity contribution in [2.45, 2.75) is 38.8 Å². The number of nitrogens with one attached hydrogen (secondary N) is 1. The maximum atomic E-state index is 5.68. The van der Waals surface area contributed by atoms with Gasteiger partial charge in [-0.1, -0.05) is 6.92 Å². The van der Waals surface area contributed by atoms with Crippen LogP contribution in [0.1, 0.15) is 32.3 Å². The number of aromatic nitrogens is 1. The number of hydrogen-bond acceptors (Lipinski definition) is 4. The Kier molecular flexibility index (Phi) is 5.41. The van der Waals surface area contributed by atoms with E-state index >= 15 is 0 Å². The Morgan fingerprint density at radius 2 is 2.35 bits per heavy atom. The van der Waals surface area contributed by atoms with Gasteiger partial charge in [0.1, 0.15) is 5.82 Å². The predicted molar refractivity (Wildman–Crippen MR) is 86.2 cm³/mol. The average Bonchev–Trinajstić information content (AvgIpc) is 2.45. The summed E-state index contributed by atoms with van der Waals surface area (Å²) in [6.07, 6.45) is 4.13. The van der Waals surface area contributed by atoms with Crippen LogP contribution in [0.25, 0.3) is 0 Å². The van der Waals surface area contributed by atoms with Crippen molar-refractivity contribution in [3.63, 3.8) is 0 Å². The van der Waals surface area contributed by atoms with Crippen LogP contribution in [0.2, 0.25) is 0 Å². The van der Waals surface area contributed by atoms with E-state index in [0.29, 0.717) is 0 Å². The Hall–Kier alpha value is -0.650. The summed E-state index contributed by atoms with van der Waals surface area (Å²) >= 11 is 3.51. The van der Waals surface area contributed by atoms with Crippen molar-refractivity contribution in [3.05, 3.63) is 22.3 Å². The van der Waals surface area contributed by atoms with Gasteiger partial charge in [0.15, 0.2) is 0 Å². The Balaban J connectivity index is 2.22. The third kappa shape index (κ3) is 3.71. The van der Waals surface area contributed by atoms with E-state index in [1.54, 1.807) is 7.11 Å².